The van der Waals surface area contributed by atoms with Crippen LogP contribution in [0.2, 0.25) is 0 Å². The normalized spacial score (nSPS) is 11.0. The third-order valence-electron chi connectivity index (χ3n) is 2.36. The fraction of sp³-hybridized carbons (Fsp3) is 0.0769. The van der Waals surface area contributed by atoms with Gasteiger partial charge in [-0.1, -0.05) is 12.1 Å². The Kier molecular flexibility index (Phi) is 4.46. The number of para-hydroxylation sites is 2. The highest BCUT2D eigenvalue weighted by atomic mass is 79.9. The number of carbonyl (C=O) groups excluding carboxylic acids is 1. The number of aromatic nitrogens is 1. The standard InChI is InChI=1S/C13H8BrF3N2O2/c14-11-8(4-3-7-18-11)12(20)19-9-5-1-2-6-10(9)21-13(15,16)17/h1-7H,(H,19,20). The van der Waals surface area contributed by atoms with Crippen molar-refractivity contribution in [3.8, 4) is 5.75 Å². The molecule has 110 valence electrons. The summed E-state index contributed by atoms with van der Waals surface area (Å²) in [5, 5.41) is 2.36. The summed E-state index contributed by atoms with van der Waals surface area (Å²) in [6.07, 6.45) is -3.36. The zero-order chi connectivity index (χ0) is 15.5. The van der Waals surface area contributed by atoms with Crippen LogP contribution in [0.5, 0.6) is 5.75 Å². The number of hydrogen-bond acceptors (Lipinski definition) is 3. The van der Waals surface area contributed by atoms with Gasteiger partial charge < -0.3 is 10.1 Å². The van der Waals surface area contributed by atoms with Gasteiger partial charge in [-0.15, -0.1) is 13.2 Å². The number of nitrogens with zero attached hydrogens (tertiary/aromatic N) is 1. The number of pyridine rings is 1. The van der Waals surface area contributed by atoms with Crippen LogP contribution in [0.25, 0.3) is 0 Å². The highest BCUT2D eigenvalue weighted by Gasteiger charge is 2.32. The predicted octanol–water partition coefficient (Wildman–Crippen LogP) is 4.00. The Bertz CT molecular complexity index is 662. The summed E-state index contributed by atoms with van der Waals surface area (Å²) >= 11 is 3.09. The van der Waals surface area contributed by atoms with Gasteiger partial charge in [0.25, 0.3) is 5.91 Å². The van der Waals surface area contributed by atoms with Gasteiger partial charge in [-0.25, -0.2) is 4.98 Å². The number of alkyl halides is 3. The average molecular weight is 361 g/mol. The molecule has 8 heteroatoms. The maximum atomic E-state index is 12.3. The molecule has 1 N–H and O–H groups in total. The summed E-state index contributed by atoms with van der Waals surface area (Å²) in [6.45, 7) is 0. The molecule has 1 aromatic carbocycles. The van der Waals surface area contributed by atoms with E-state index in [2.05, 4.69) is 31.0 Å². The number of hydrogen-bond donors (Lipinski definition) is 1. The van der Waals surface area contributed by atoms with Crippen molar-refractivity contribution >= 4 is 27.5 Å². The molecule has 1 aromatic heterocycles. The van der Waals surface area contributed by atoms with Crippen LogP contribution in [0.3, 0.4) is 0 Å². The second-order valence-corrected chi connectivity index (χ2v) is 4.59. The fourth-order valence-electron chi connectivity index (χ4n) is 1.53. The zero-order valence-corrected chi connectivity index (χ0v) is 11.9. The monoisotopic (exact) mass is 360 g/mol. The summed E-state index contributed by atoms with van der Waals surface area (Å²) in [5.41, 5.74) is 0.106. The molecule has 0 atom stereocenters. The summed E-state index contributed by atoms with van der Waals surface area (Å²) in [5.74, 6) is -1.09. The van der Waals surface area contributed by atoms with Gasteiger partial charge in [-0.2, -0.15) is 0 Å². The first kappa shape index (κ1) is 15.3. The molecule has 0 fully saturated rings. The number of nitrogens with one attached hydrogen (secondary N) is 1. The fourth-order valence-corrected chi connectivity index (χ4v) is 1.96. The molecule has 2 rings (SSSR count). The molecular formula is C13H8BrF3N2O2. The molecule has 1 amide bonds. The van der Waals surface area contributed by atoms with Crippen LogP contribution in [-0.2, 0) is 0 Å². The Morgan fingerprint density at radius 3 is 2.57 bits per heavy atom. The van der Waals surface area contributed by atoms with E-state index in [1.165, 1.54) is 36.5 Å². The number of ether oxygens (including phenoxy) is 1. The summed E-state index contributed by atoms with van der Waals surface area (Å²) in [6, 6.07) is 8.30. The second-order valence-electron chi connectivity index (χ2n) is 3.84. The molecule has 0 aliphatic heterocycles. The average Bonchev–Trinajstić information content (AvgIpc) is 2.40. The van der Waals surface area contributed by atoms with Gasteiger partial charge >= 0.3 is 6.36 Å². The summed E-state index contributed by atoms with van der Waals surface area (Å²) in [7, 11) is 0. The maximum Gasteiger partial charge on any atom is 0.573 e. The van der Waals surface area contributed by atoms with Crippen LogP contribution < -0.4 is 10.1 Å². The third kappa shape index (κ3) is 4.19. The number of amides is 1. The minimum atomic E-state index is -4.84. The molecular weight excluding hydrogens is 353 g/mol. The van der Waals surface area contributed by atoms with Crippen molar-refractivity contribution in [2.75, 3.05) is 5.32 Å². The van der Waals surface area contributed by atoms with E-state index in [0.717, 1.165) is 6.07 Å². The van der Waals surface area contributed by atoms with Gasteiger partial charge in [0.15, 0.2) is 5.75 Å². The highest BCUT2D eigenvalue weighted by molar-refractivity contribution is 9.10. The minimum Gasteiger partial charge on any atom is -0.404 e. The van der Waals surface area contributed by atoms with Crippen molar-refractivity contribution < 1.29 is 22.7 Å². The van der Waals surface area contributed by atoms with E-state index in [1.807, 2.05) is 0 Å². The molecule has 0 bridgehead atoms. The SMILES string of the molecule is O=C(Nc1ccccc1OC(F)(F)F)c1cccnc1Br. The van der Waals surface area contributed by atoms with Crippen LogP contribution >= 0.6 is 15.9 Å². The molecule has 21 heavy (non-hydrogen) atoms. The van der Waals surface area contributed by atoms with Crippen molar-refractivity contribution in [2.45, 2.75) is 6.36 Å². The number of rotatable bonds is 3. The van der Waals surface area contributed by atoms with Gasteiger partial charge in [-0.05, 0) is 40.2 Å². The molecule has 0 saturated carbocycles. The molecule has 0 radical (unpaired) electrons. The lowest BCUT2D eigenvalue weighted by molar-refractivity contribution is -0.274. The molecule has 4 nitrogen and oxygen atoms in total. The lowest BCUT2D eigenvalue weighted by Gasteiger charge is -2.14. The van der Waals surface area contributed by atoms with E-state index in [9.17, 15) is 18.0 Å². The van der Waals surface area contributed by atoms with E-state index < -0.39 is 18.0 Å². The lowest BCUT2D eigenvalue weighted by atomic mass is 10.2. The Morgan fingerprint density at radius 1 is 1.19 bits per heavy atom. The molecule has 0 saturated heterocycles. The van der Waals surface area contributed by atoms with E-state index in [1.54, 1.807) is 0 Å². The Balaban J connectivity index is 2.24. The van der Waals surface area contributed by atoms with Crippen LogP contribution in [0.4, 0.5) is 18.9 Å². The van der Waals surface area contributed by atoms with E-state index in [0.29, 0.717) is 0 Å². The van der Waals surface area contributed by atoms with E-state index in [-0.39, 0.29) is 15.9 Å². The topological polar surface area (TPSA) is 51.2 Å². The van der Waals surface area contributed by atoms with Crippen LogP contribution in [0.1, 0.15) is 10.4 Å². The minimum absolute atomic E-state index is 0.0874. The van der Waals surface area contributed by atoms with E-state index >= 15 is 0 Å². The van der Waals surface area contributed by atoms with Crippen LogP contribution in [0.15, 0.2) is 47.2 Å². The summed E-state index contributed by atoms with van der Waals surface area (Å²) in [4.78, 5) is 15.9. The molecule has 2 aromatic rings. The number of benzene rings is 1. The third-order valence-corrected chi connectivity index (χ3v) is 3.00. The first-order valence-electron chi connectivity index (χ1n) is 5.63. The van der Waals surface area contributed by atoms with Crippen molar-refractivity contribution in [3.63, 3.8) is 0 Å². The van der Waals surface area contributed by atoms with Crippen LogP contribution in [0, 0.1) is 0 Å². The molecule has 0 aliphatic rings. The van der Waals surface area contributed by atoms with Crippen LogP contribution in [-0.4, -0.2) is 17.3 Å². The highest BCUT2D eigenvalue weighted by Crippen LogP contribution is 2.30. The van der Waals surface area contributed by atoms with Crippen molar-refractivity contribution in [1.82, 2.24) is 4.98 Å². The quantitative estimate of drug-likeness (QED) is 0.841. The first-order valence-corrected chi connectivity index (χ1v) is 6.43. The predicted molar refractivity (Wildman–Crippen MR) is 73.0 cm³/mol. The molecule has 1 heterocycles. The smallest absolute Gasteiger partial charge is 0.404 e. The molecule has 0 aliphatic carbocycles. The Hall–Kier alpha value is -2.09. The number of carbonyl (C=O) groups is 1. The lowest BCUT2D eigenvalue weighted by Crippen LogP contribution is -2.19. The Labute approximate surface area is 126 Å². The van der Waals surface area contributed by atoms with Gasteiger partial charge in [0, 0.05) is 6.20 Å². The van der Waals surface area contributed by atoms with Gasteiger partial charge in [-0.3, -0.25) is 4.79 Å². The summed E-state index contributed by atoms with van der Waals surface area (Å²) < 4.78 is 41.0. The van der Waals surface area contributed by atoms with Crippen molar-refractivity contribution in [2.24, 2.45) is 0 Å². The molecule has 0 unspecified atom stereocenters. The van der Waals surface area contributed by atoms with Gasteiger partial charge in [0.1, 0.15) is 4.60 Å². The Morgan fingerprint density at radius 2 is 1.90 bits per heavy atom. The molecule has 0 spiro atoms. The van der Waals surface area contributed by atoms with E-state index in [4.69, 9.17) is 0 Å². The largest absolute Gasteiger partial charge is 0.573 e. The zero-order valence-electron chi connectivity index (χ0n) is 10.3. The maximum absolute atomic E-state index is 12.3. The number of halogens is 4. The van der Waals surface area contributed by atoms with Gasteiger partial charge in [0.2, 0.25) is 0 Å². The second kappa shape index (κ2) is 6.13. The first-order chi connectivity index (χ1) is 9.87. The van der Waals surface area contributed by atoms with Crippen molar-refractivity contribution in [1.29, 1.82) is 0 Å². The van der Waals surface area contributed by atoms with Gasteiger partial charge in [0.05, 0.1) is 11.3 Å². The number of anilines is 1. The van der Waals surface area contributed by atoms with Crippen molar-refractivity contribution in [3.05, 3.63) is 52.8 Å².